The van der Waals surface area contributed by atoms with Gasteiger partial charge in [-0.15, -0.1) is 0 Å². The Bertz CT molecular complexity index is 420. The molecule has 166 valence electrons. The van der Waals surface area contributed by atoms with Gasteiger partial charge in [-0.3, -0.25) is 0 Å². The smallest absolute Gasteiger partial charge is 0.550 e. The van der Waals surface area contributed by atoms with Crippen LogP contribution in [0.3, 0.4) is 0 Å². The van der Waals surface area contributed by atoms with Gasteiger partial charge in [-0.2, -0.15) is 0 Å². The van der Waals surface area contributed by atoms with Gasteiger partial charge in [0.1, 0.15) is 0 Å². The Morgan fingerprint density at radius 2 is 1.04 bits per heavy atom. The Balaban J connectivity index is 0. The number of aliphatic carboxylic acids is 1. The number of unbranched alkanes of at least 4 members (excludes halogenated alkanes) is 14. The van der Waals surface area contributed by atoms with Crippen molar-refractivity contribution in [3.8, 4) is 0 Å². The summed E-state index contributed by atoms with van der Waals surface area (Å²) in [4.78, 5) is 10.2. The van der Waals surface area contributed by atoms with Crippen LogP contribution in [0.4, 0.5) is 0 Å². The van der Waals surface area contributed by atoms with Crippen LogP contribution in [0.5, 0.6) is 0 Å². The average molecular weight is 483 g/mol. The van der Waals surface area contributed by atoms with Gasteiger partial charge in [-0.05, 0) is 19.8 Å². The standard InChI is InChI=1S/C18H36O2.C7H8.Ag/c1-2-3-4-5-6-7-8-9-10-11-12-13-14-15-16-17-18(19)20;1-7-5-3-2-4-6-7;/h2-17H2,1H3,(H,19,20);2-6H,1H3;/q;;+1/p-1. The summed E-state index contributed by atoms with van der Waals surface area (Å²) in [6.45, 7) is 4.35. The normalized spacial score (nSPS) is 9.93. The van der Waals surface area contributed by atoms with Crippen LogP contribution in [0.15, 0.2) is 30.3 Å². The molecule has 0 unspecified atom stereocenters. The van der Waals surface area contributed by atoms with Gasteiger partial charge in [0.25, 0.3) is 0 Å². The molecule has 0 fully saturated rings. The average Bonchev–Trinajstić information content (AvgIpc) is 2.66. The topological polar surface area (TPSA) is 40.1 Å². The molecule has 1 rings (SSSR count). The summed E-state index contributed by atoms with van der Waals surface area (Å²) < 4.78 is 0. The molecule has 0 radical (unpaired) electrons. The summed E-state index contributed by atoms with van der Waals surface area (Å²) in [5.41, 5.74) is 1.32. The summed E-state index contributed by atoms with van der Waals surface area (Å²) in [7, 11) is 0. The number of rotatable bonds is 16. The van der Waals surface area contributed by atoms with Crippen molar-refractivity contribution < 1.29 is 32.3 Å². The number of hydrogen-bond acceptors (Lipinski definition) is 2. The quantitative estimate of drug-likeness (QED) is 0.188. The Kier molecular flexibility index (Phi) is 25.9. The number of carbonyl (C=O) groups is 1. The Morgan fingerprint density at radius 1 is 0.679 bits per heavy atom. The zero-order chi connectivity index (χ0) is 20.0. The number of carboxylic acids is 1. The first-order valence-electron chi connectivity index (χ1n) is 11.4. The molecule has 2 nitrogen and oxygen atoms in total. The third-order valence-corrected chi connectivity index (χ3v) is 4.92. The van der Waals surface area contributed by atoms with Gasteiger partial charge in [0.15, 0.2) is 0 Å². The van der Waals surface area contributed by atoms with Crippen molar-refractivity contribution in [3.63, 3.8) is 0 Å². The zero-order valence-corrected chi connectivity index (χ0v) is 19.8. The molecule has 0 spiro atoms. The Morgan fingerprint density at radius 3 is 1.32 bits per heavy atom. The molecule has 0 aliphatic heterocycles. The fraction of sp³-hybridized carbons (Fsp3) is 0.720. The molecule has 28 heavy (non-hydrogen) atoms. The largest absolute Gasteiger partial charge is 1.00 e. The van der Waals surface area contributed by atoms with E-state index in [0.717, 1.165) is 12.8 Å². The number of aryl methyl sites for hydroxylation is 1. The maximum Gasteiger partial charge on any atom is 1.00 e. The molecule has 1 aromatic carbocycles. The fourth-order valence-electron chi connectivity index (χ4n) is 3.18. The predicted molar refractivity (Wildman–Crippen MR) is 116 cm³/mol. The SMILES string of the molecule is CCCCCCCCCCCCCCCCCC(=O)[O-].Cc1ccccc1.[Ag+]. The maximum atomic E-state index is 10.2. The monoisotopic (exact) mass is 482 g/mol. The van der Waals surface area contributed by atoms with E-state index in [4.69, 9.17) is 0 Å². The first-order valence-corrected chi connectivity index (χ1v) is 11.4. The van der Waals surface area contributed by atoms with Gasteiger partial charge in [0.05, 0.1) is 0 Å². The van der Waals surface area contributed by atoms with Crippen molar-refractivity contribution >= 4 is 5.97 Å². The molecule has 0 aliphatic rings. The molecule has 1 aromatic rings. The van der Waals surface area contributed by atoms with E-state index in [0.29, 0.717) is 0 Å². The van der Waals surface area contributed by atoms with E-state index in [1.807, 2.05) is 18.2 Å². The molecule has 0 atom stereocenters. The van der Waals surface area contributed by atoms with Crippen molar-refractivity contribution in [1.82, 2.24) is 0 Å². The minimum absolute atomic E-state index is 0. The van der Waals surface area contributed by atoms with Gasteiger partial charge >= 0.3 is 22.4 Å². The van der Waals surface area contributed by atoms with Gasteiger partial charge in [-0.25, -0.2) is 0 Å². The van der Waals surface area contributed by atoms with E-state index in [1.54, 1.807) is 0 Å². The molecule has 0 aromatic heterocycles. The van der Waals surface area contributed by atoms with Gasteiger partial charge in [-0.1, -0.05) is 133 Å². The van der Waals surface area contributed by atoms with Crippen molar-refractivity contribution in [3.05, 3.63) is 35.9 Å². The summed E-state index contributed by atoms with van der Waals surface area (Å²) in [5, 5.41) is 10.2. The number of carboxylic acid groups (broad SMARTS) is 1. The summed E-state index contributed by atoms with van der Waals surface area (Å²) >= 11 is 0. The molecule has 0 heterocycles. The van der Waals surface area contributed by atoms with Crippen LogP contribution < -0.4 is 5.11 Å². The zero-order valence-electron chi connectivity index (χ0n) is 18.3. The molecule has 0 saturated heterocycles. The minimum atomic E-state index is -0.903. The molecule has 3 heteroatoms. The fourth-order valence-corrected chi connectivity index (χ4v) is 3.18. The van der Waals surface area contributed by atoms with Crippen molar-refractivity contribution in [2.24, 2.45) is 0 Å². The predicted octanol–water partition coefficient (Wildman–Crippen LogP) is 6.99. The molecular formula is C25H43AgO2. The van der Waals surface area contributed by atoms with E-state index in [1.165, 1.54) is 89.0 Å². The van der Waals surface area contributed by atoms with Crippen LogP contribution in [0.2, 0.25) is 0 Å². The van der Waals surface area contributed by atoms with Crippen LogP contribution in [-0.4, -0.2) is 5.97 Å². The first-order chi connectivity index (χ1) is 13.2. The second kappa shape index (κ2) is 24.5. The van der Waals surface area contributed by atoms with Crippen molar-refractivity contribution in [2.75, 3.05) is 0 Å². The van der Waals surface area contributed by atoms with E-state index in [-0.39, 0.29) is 28.8 Å². The summed E-state index contributed by atoms with van der Waals surface area (Å²) in [6, 6.07) is 10.3. The molecular weight excluding hydrogens is 440 g/mol. The van der Waals surface area contributed by atoms with Crippen LogP contribution in [-0.2, 0) is 27.2 Å². The van der Waals surface area contributed by atoms with E-state index in [2.05, 4.69) is 26.0 Å². The van der Waals surface area contributed by atoms with Gasteiger partial charge in [0.2, 0.25) is 0 Å². The second-order valence-electron chi connectivity index (χ2n) is 7.73. The minimum Gasteiger partial charge on any atom is -0.550 e. The Labute approximate surface area is 190 Å². The number of benzene rings is 1. The molecule has 0 N–H and O–H groups in total. The number of hydrogen-bond donors (Lipinski definition) is 0. The summed E-state index contributed by atoms with van der Waals surface area (Å²) in [5.74, 6) is -0.903. The van der Waals surface area contributed by atoms with Gasteiger partial charge < -0.3 is 9.90 Å². The van der Waals surface area contributed by atoms with Crippen LogP contribution in [0.1, 0.15) is 115 Å². The van der Waals surface area contributed by atoms with Crippen molar-refractivity contribution in [2.45, 2.75) is 117 Å². The first kappa shape index (κ1) is 29.6. The second-order valence-corrected chi connectivity index (χ2v) is 7.73. The third-order valence-electron chi connectivity index (χ3n) is 4.92. The van der Waals surface area contributed by atoms with Crippen LogP contribution >= 0.6 is 0 Å². The summed E-state index contributed by atoms with van der Waals surface area (Å²) in [6.07, 6.45) is 19.9. The van der Waals surface area contributed by atoms with E-state index in [9.17, 15) is 9.90 Å². The van der Waals surface area contributed by atoms with E-state index < -0.39 is 5.97 Å². The number of carbonyl (C=O) groups excluding carboxylic acids is 1. The van der Waals surface area contributed by atoms with Crippen LogP contribution in [0.25, 0.3) is 0 Å². The Hall–Kier alpha value is -0.570. The molecule has 0 bridgehead atoms. The van der Waals surface area contributed by atoms with Gasteiger partial charge in [0, 0.05) is 5.97 Å². The van der Waals surface area contributed by atoms with Crippen molar-refractivity contribution in [1.29, 1.82) is 0 Å². The molecule has 0 amide bonds. The maximum absolute atomic E-state index is 10.2. The molecule has 0 saturated carbocycles. The van der Waals surface area contributed by atoms with Crippen LogP contribution in [0, 0.1) is 6.92 Å². The third kappa shape index (κ3) is 25.4. The molecule has 0 aliphatic carbocycles. The van der Waals surface area contributed by atoms with E-state index >= 15 is 0 Å².